The van der Waals surface area contributed by atoms with Gasteiger partial charge in [0.25, 0.3) is 0 Å². The predicted octanol–water partition coefficient (Wildman–Crippen LogP) is 2.54. The molecule has 0 amide bonds. The quantitative estimate of drug-likeness (QED) is 0.738. The first-order chi connectivity index (χ1) is 7.22. The smallest absolute Gasteiger partial charge is 0.137 e. The zero-order valence-electron chi connectivity index (χ0n) is 9.20. The summed E-state index contributed by atoms with van der Waals surface area (Å²) < 4.78 is 0. The van der Waals surface area contributed by atoms with E-state index in [-0.39, 0.29) is 0 Å². The van der Waals surface area contributed by atoms with Gasteiger partial charge in [0.2, 0.25) is 0 Å². The van der Waals surface area contributed by atoms with Crippen LogP contribution in [0.4, 0.5) is 5.82 Å². The third kappa shape index (κ3) is 2.40. The molecule has 15 heavy (non-hydrogen) atoms. The van der Waals surface area contributed by atoms with Crippen molar-refractivity contribution in [3.8, 4) is 0 Å². The SMILES string of the molecule is CCc1c(Cl)ncnc1N(C)CC1CC1. The van der Waals surface area contributed by atoms with Gasteiger partial charge in [-0.1, -0.05) is 18.5 Å². The highest BCUT2D eigenvalue weighted by molar-refractivity contribution is 6.30. The number of halogens is 1. The Labute approximate surface area is 95.5 Å². The molecule has 1 heterocycles. The van der Waals surface area contributed by atoms with Gasteiger partial charge in [-0.3, -0.25) is 0 Å². The maximum atomic E-state index is 6.05. The zero-order chi connectivity index (χ0) is 10.8. The summed E-state index contributed by atoms with van der Waals surface area (Å²) in [5.41, 5.74) is 1.06. The van der Waals surface area contributed by atoms with Crippen molar-refractivity contribution >= 4 is 17.4 Å². The van der Waals surface area contributed by atoms with E-state index in [0.717, 1.165) is 30.3 Å². The summed E-state index contributed by atoms with van der Waals surface area (Å²) in [6.07, 6.45) is 5.12. The molecule has 0 unspecified atom stereocenters. The van der Waals surface area contributed by atoms with E-state index < -0.39 is 0 Å². The van der Waals surface area contributed by atoms with Crippen LogP contribution in [0.2, 0.25) is 5.15 Å². The maximum absolute atomic E-state index is 6.05. The fourth-order valence-corrected chi connectivity index (χ4v) is 2.05. The number of hydrogen-bond acceptors (Lipinski definition) is 3. The largest absolute Gasteiger partial charge is 0.359 e. The lowest BCUT2D eigenvalue weighted by molar-refractivity contribution is 0.769. The molecule has 0 bridgehead atoms. The van der Waals surface area contributed by atoms with Gasteiger partial charge in [0.15, 0.2) is 0 Å². The Bertz CT molecular complexity index is 350. The topological polar surface area (TPSA) is 29.0 Å². The number of hydrogen-bond donors (Lipinski definition) is 0. The molecule has 0 N–H and O–H groups in total. The van der Waals surface area contributed by atoms with Crippen molar-refractivity contribution in [1.82, 2.24) is 9.97 Å². The van der Waals surface area contributed by atoms with E-state index in [0.29, 0.717) is 5.15 Å². The van der Waals surface area contributed by atoms with E-state index in [1.807, 2.05) is 0 Å². The van der Waals surface area contributed by atoms with Crippen molar-refractivity contribution in [2.45, 2.75) is 26.2 Å². The summed E-state index contributed by atoms with van der Waals surface area (Å²) in [6, 6.07) is 0. The van der Waals surface area contributed by atoms with Gasteiger partial charge < -0.3 is 4.90 Å². The molecule has 0 aromatic carbocycles. The molecule has 1 aromatic rings. The minimum atomic E-state index is 0.588. The van der Waals surface area contributed by atoms with Crippen LogP contribution in [0.25, 0.3) is 0 Å². The minimum absolute atomic E-state index is 0.588. The van der Waals surface area contributed by atoms with Crippen molar-refractivity contribution in [3.63, 3.8) is 0 Å². The van der Waals surface area contributed by atoms with E-state index in [1.54, 1.807) is 6.33 Å². The number of nitrogens with zero attached hydrogens (tertiary/aromatic N) is 3. The molecule has 1 saturated carbocycles. The number of aromatic nitrogens is 2. The summed E-state index contributed by atoms with van der Waals surface area (Å²) in [5.74, 6) is 1.85. The Morgan fingerprint density at radius 2 is 2.20 bits per heavy atom. The van der Waals surface area contributed by atoms with E-state index in [4.69, 9.17) is 11.6 Å². The molecule has 0 atom stereocenters. The minimum Gasteiger partial charge on any atom is -0.359 e. The highest BCUT2D eigenvalue weighted by Gasteiger charge is 2.24. The fraction of sp³-hybridized carbons (Fsp3) is 0.636. The molecule has 82 valence electrons. The molecule has 1 aliphatic carbocycles. The molecule has 1 aromatic heterocycles. The first-order valence-electron chi connectivity index (χ1n) is 5.43. The van der Waals surface area contributed by atoms with Gasteiger partial charge in [-0.15, -0.1) is 0 Å². The summed E-state index contributed by atoms with van der Waals surface area (Å²) in [5, 5.41) is 0.588. The van der Waals surface area contributed by atoms with Crippen LogP contribution < -0.4 is 4.90 Å². The lowest BCUT2D eigenvalue weighted by Gasteiger charge is -2.20. The number of anilines is 1. The summed E-state index contributed by atoms with van der Waals surface area (Å²) in [6.45, 7) is 3.17. The second-order valence-electron chi connectivity index (χ2n) is 4.14. The Kier molecular flexibility index (Phi) is 3.10. The Hall–Kier alpha value is -0.830. The first kappa shape index (κ1) is 10.7. The Morgan fingerprint density at radius 1 is 1.47 bits per heavy atom. The van der Waals surface area contributed by atoms with E-state index in [2.05, 4.69) is 28.8 Å². The fourth-order valence-electron chi connectivity index (χ4n) is 1.79. The van der Waals surface area contributed by atoms with Crippen LogP contribution in [0.1, 0.15) is 25.3 Å². The van der Waals surface area contributed by atoms with Crippen LogP contribution in [0, 0.1) is 5.92 Å². The highest BCUT2D eigenvalue weighted by Crippen LogP contribution is 2.32. The highest BCUT2D eigenvalue weighted by atomic mass is 35.5. The molecule has 1 aliphatic rings. The van der Waals surface area contributed by atoms with Crippen molar-refractivity contribution in [1.29, 1.82) is 0 Å². The summed E-state index contributed by atoms with van der Waals surface area (Å²) in [4.78, 5) is 10.5. The van der Waals surface area contributed by atoms with Crippen LogP contribution in [-0.2, 0) is 6.42 Å². The molecule has 3 nitrogen and oxygen atoms in total. The molecule has 0 spiro atoms. The molecule has 0 aliphatic heterocycles. The Morgan fingerprint density at radius 3 is 2.80 bits per heavy atom. The molecule has 0 radical (unpaired) electrons. The van der Waals surface area contributed by atoms with Crippen LogP contribution in [0.3, 0.4) is 0 Å². The maximum Gasteiger partial charge on any atom is 0.137 e. The average molecular weight is 226 g/mol. The van der Waals surface area contributed by atoms with Gasteiger partial charge >= 0.3 is 0 Å². The van der Waals surface area contributed by atoms with Crippen molar-refractivity contribution in [2.75, 3.05) is 18.5 Å². The van der Waals surface area contributed by atoms with Gasteiger partial charge in [0.1, 0.15) is 17.3 Å². The van der Waals surface area contributed by atoms with Crippen LogP contribution in [-0.4, -0.2) is 23.6 Å². The first-order valence-corrected chi connectivity index (χ1v) is 5.80. The van der Waals surface area contributed by atoms with Crippen LogP contribution in [0.5, 0.6) is 0 Å². The van der Waals surface area contributed by atoms with Gasteiger partial charge in [-0.25, -0.2) is 9.97 Å². The second kappa shape index (κ2) is 4.35. The normalized spacial score (nSPS) is 15.4. The van der Waals surface area contributed by atoms with Gasteiger partial charge in [-0.05, 0) is 25.2 Å². The van der Waals surface area contributed by atoms with Gasteiger partial charge in [0.05, 0.1) is 0 Å². The monoisotopic (exact) mass is 225 g/mol. The third-order valence-corrected chi connectivity index (χ3v) is 3.14. The summed E-state index contributed by atoms with van der Waals surface area (Å²) in [7, 11) is 2.08. The lowest BCUT2D eigenvalue weighted by Crippen LogP contribution is -2.22. The van der Waals surface area contributed by atoms with Gasteiger partial charge in [-0.2, -0.15) is 0 Å². The van der Waals surface area contributed by atoms with E-state index in [9.17, 15) is 0 Å². The van der Waals surface area contributed by atoms with Gasteiger partial charge in [0, 0.05) is 19.2 Å². The molecular weight excluding hydrogens is 210 g/mol. The number of rotatable bonds is 4. The Balaban J connectivity index is 2.20. The van der Waals surface area contributed by atoms with E-state index >= 15 is 0 Å². The molecule has 0 saturated heterocycles. The molecular formula is C11H16ClN3. The van der Waals surface area contributed by atoms with Crippen LogP contribution >= 0.6 is 11.6 Å². The zero-order valence-corrected chi connectivity index (χ0v) is 9.96. The lowest BCUT2D eigenvalue weighted by atomic mass is 10.2. The summed E-state index contributed by atoms with van der Waals surface area (Å²) >= 11 is 6.05. The predicted molar refractivity (Wildman–Crippen MR) is 62.4 cm³/mol. The van der Waals surface area contributed by atoms with Crippen molar-refractivity contribution in [3.05, 3.63) is 17.0 Å². The average Bonchev–Trinajstić information content (AvgIpc) is 3.01. The van der Waals surface area contributed by atoms with Crippen LogP contribution in [0.15, 0.2) is 6.33 Å². The van der Waals surface area contributed by atoms with Crippen molar-refractivity contribution in [2.24, 2.45) is 5.92 Å². The second-order valence-corrected chi connectivity index (χ2v) is 4.50. The molecule has 4 heteroatoms. The molecule has 2 rings (SSSR count). The van der Waals surface area contributed by atoms with E-state index in [1.165, 1.54) is 12.8 Å². The molecule has 1 fully saturated rings. The van der Waals surface area contributed by atoms with Crippen molar-refractivity contribution < 1.29 is 0 Å². The third-order valence-electron chi connectivity index (χ3n) is 2.81. The standard InChI is InChI=1S/C11H16ClN3/c1-3-9-10(12)13-7-14-11(9)15(2)6-8-4-5-8/h7-8H,3-6H2,1-2H3.